The van der Waals surface area contributed by atoms with Crippen LogP contribution in [-0.2, 0) is 0 Å². The summed E-state index contributed by atoms with van der Waals surface area (Å²) >= 11 is 1.32. The van der Waals surface area contributed by atoms with Gasteiger partial charge in [0.05, 0.1) is 6.21 Å². The number of carbonyl (C=O) groups excluding carboxylic acids is 2. The third kappa shape index (κ3) is 4.39. The Balaban J connectivity index is 1.55. The van der Waals surface area contributed by atoms with Gasteiger partial charge in [-0.25, -0.2) is 10.2 Å². The number of carbonyl (C=O) groups is 2. The Morgan fingerprint density at radius 1 is 1.28 bits per heavy atom. The number of benzene rings is 1. The number of thiophene rings is 1. The minimum atomic E-state index is -0.401. The van der Waals surface area contributed by atoms with E-state index in [1.165, 1.54) is 17.6 Å². The molecule has 0 saturated carbocycles. The minimum absolute atomic E-state index is 0.269. The highest BCUT2D eigenvalue weighted by molar-refractivity contribution is 7.12. The molecule has 25 heavy (non-hydrogen) atoms. The molecule has 0 aliphatic rings. The molecule has 7 nitrogen and oxygen atoms in total. The molecule has 0 bridgehead atoms. The first-order chi connectivity index (χ1) is 12.1. The predicted molar refractivity (Wildman–Crippen MR) is 94.1 cm³/mol. The molecule has 0 fully saturated rings. The predicted octanol–water partition coefficient (Wildman–Crippen LogP) is 2.76. The van der Waals surface area contributed by atoms with Crippen molar-refractivity contribution in [3.63, 3.8) is 0 Å². The first-order valence-electron chi connectivity index (χ1n) is 7.33. The zero-order chi connectivity index (χ0) is 17.6. The van der Waals surface area contributed by atoms with Crippen molar-refractivity contribution >= 4 is 29.4 Å². The fourth-order valence-corrected chi connectivity index (χ4v) is 2.53. The molecule has 2 heterocycles. The van der Waals surface area contributed by atoms with E-state index in [2.05, 4.69) is 20.7 Å². The molecular formula is C17H14N4O3S. The van der Waals surface area contributed by atoms with Crippen LogP contribution in [0.2, 0.25) is 0 Å². The molecule has 0 aliphatic heterocycles. The zero-order valence-electron chi connectivity index (χ0n) is 13.2. The molecular weight excluding hydrogens is 340 g/mol. The molecule has 2 aromatic heterocycles. The van der Waals surface area contributed by atoms with Crippen molar-refractivity contribution in [2.45, 2.75) is 6.92 Å². The normalized spacial score (nSPS) is 10.8. The Kier molecular flexibility index (Phi) is 5.00. The van der Waals surface area contributed by atoms with Crippen molar-refractivity contribution in [1.82, 2.24) is 15.6 Å². The van der Waals surface area contributed by atoms with Gasteiger partial charge in [0.15, 0.2) is 5.69 Å². The van der Waals surface area contributed by atoms with Gasteiger partial charge in [-0.2, -0.15) is 10.2 Å². The topological polar surface area (TPSA) is 96.4 Å². The fourth-order valence-electron chi connectivity index (χ4n) is 1.93. The maximum absolute atomic E-state index is 11.8. The zero-order valence-corrected chi connectivity index (χ0v) is 14.0. The summed E-state index contributed by atoms with van der Waals surface area (Å²) in [5.74, 6) is -0.355. The van der Waals surface area contributed by atoms with Crippen LogP contribution < -0.4 is 10.2 Å². The number of aryl methyl sites for hydroxylation is 1. The Bertz CT molecular complexity index is 898. The molecule has 0 radical (unpaired) electrons. The Hall–Kier alpha value is -3.26. The molecule has 2 N–H and O–H groups in total. The van der Waals surface area contributed by atoms with E-state index in [1.807, 2.05) is 5.38 Å². The molecule has 0 atom stereocenters. The molecule has 1 aromatic carbocycles. The summed E-state index contributed by atoms with van der Waals surface area (Å²) in [4.78, 5) is 24.2. The monoisotopic (exact) mass is 354 g/mol. The first kappa shape index (κ1) is 16.6. The number of aromatic nitrogens is 2. The number of hydrogen-bond acceptors (Lipinski definition) is 6. The van der Waals surface area contributed by atoms with Gasteiger partial charge in [0.2, 0.25) is 0 Å². The van der Waals surface area contributed by atoms with Crippen LogP contribution in [0.3, 0.4) is 0 Å². The summed E-state index contributed by atoms with van der Waals surface area (Å²) in [5.41, 5.74) is 4.20. The molecule has 0 spiro atoms. The highest BCUT2D eigenvalue weighted by Gasteiger charge is 2.09. The number of nitrogens with zero attached hydrogens (tertiary/aromatic N) is 2. The van der Waals surface area contributed by atoms with Gasteiger partial charge in [0, 0.05) is 5.69 Å². The number of rotatable bonds is 5. The minimum Gasteiger partial charge on any atom is -0.422 e. The second kappa shape index (κ2) is 7.54. The largest absolute Gasteiger partial charge is 0.422 e. The lowest BCUT2D eigenvalue weighted by Gasteiger charge is -2.02. The number of amides is 1. The highest BCUT2D eigenvalue weighted by atomic mass is 32.1. The maximum atomic E-state index is 11.8. The van der Waals surface area contributed by atoms with E-state index < -0.39 is 11.9 Å². The quantitative estimate of drug-likeness (QED) is 0.319. The third-order valence-electron chi connectivity index (χ3n) is 3.13. The number of nitrogens with one attached hydrogen (secondary N) is 2. The molecule has 0 saturated heterocycles. The van der Waals surface area contributed by atoms with Gasteiger partial charge in [-0.15, -0.1) is 11.3 Å². The lowest BCUT2D eigenvalue weighted by atomic mass is 10.2. The third-order valence-corrected chi connectivity index (χ3v) is 3.98. The van der Waals surface area contributed by atoms with Crippen LogP contribution in [0.5, 0.6) is 5.75 Å². The van der Waals surface area contributed by atoms with E-state index in [4.69, 9.17) is 4.74 Å². The van der Waals surface area contributed by atoms with E-state index in [-0.39, 0.29) is 5.69 Å². The average Bonchev–Trinajstić information content (AvgIpc) is 3.28. The summed E-state index contributed by atoms with van der Waals surface area (Å²) in [6.45, 7) is 1.81. The Labute approximate surface area is 147 Å². The molecule has 126 valence electrons. The molecule has 8 heteroatoms. The van der Waals surface area contributed by atoms with Gasteiger partial charge in [-0.05, 0) is 54.3 Å². The number of aromatic amines is 1. The van der Waals surface area contributed by atoms with Crippen molar-refractivity contribution < 1.29 is 14.3 Å². The SMILES string of the molecule is Cc1cc(C(=O)NN=Cc2ccc(OC(=O)c3cccs3)cc2)n[nH]1. The van der Waals surface area contributed by atoms with Crippen molar-refractivity contribution in [3.8, 4) is 5.75 Å². The van der Waals surface area contributed by atoms with Crippen LogP contribution in [-0.4, -0.2) is 28.3 Å². The maximum Gasteiger partial charge on any atom is 0.353 e. The lowest BCUT2D eigenvalue weighted by molar-refractivity contribution is 0.0739. The van der Waals surface area contributed by atoms with E-state index in [0.29, 0.717) is 10.6 Å². The van der Waals surface area contributed by atoms with Gasteiger partial charge < -0.3 is 4.74 Å². The summed E-state index contributed by atoms with van der Waals surface area (Å²) in [7, 11) is 0. The number of ether oxygens (including phenoxy) is 1. The summed E-state index contributed by atoms with van der Waals surface area (Å²) in [5, 5.41) is 12.2. The average molecular weight is 354 g/mol. The van der Waals surface area contributed by atoms with Crippen LogP contribution in [0.15, 0.2) is 52.9 Å². The van der Waals surface area contributed by atoms with Gasteiger partial charge >= 0.3 is 5.97 Å². The van der Waals surface area contributed by atoms with Gasteiger partial charge in [0.25, 0.3) is 5.91 Å². The number of esters is 1. The second-order valence-corrected chi connectivity index (χ2v) is 6.02. The smallest absolute Gasteiger partial charge is 0.353 e. The highest BCUT2D eigenvalue weighted by Crippen LogP contribution is 2.16. The van der Waals surface area contributed by atoms with Gasteiger partial charge in [-0.1, -0.05) is 6.07 Å². The molecule has 3 aromatic rings. The van der Waals surface area contributed by atoms with E-state index in [1.54, 1.807) is 49.4 Å². The fraction of sp³-hybridized carbons (Fsp3) is 0.0588. The first-order valence-corrected chi connectivity index (χ1v) is 8.21. The van der Waals surface area contributed by atoms with Crippen LogP contribution in [0.4, 0.5) is 0 Å². The van der Waals surface area contributed by atoms with Crippen LogP contribution in [0, 0.1) is 6.92 Å². The van der Waals surface area contributed by atoms with Crippen LogP contribution in [0.25, 0.3) is 0 Å². The van der Waals surface area contributed by atoms with Crippen molar-refractivity contribution in [2.75, 3.05) is 0 Å². The van der Waals surface area contributed by atoms with E-state index in [9.17, 15) is 9.59 Å². The van der Waals surface area contributed by atoms with Crippen molar-refractivity contribution in [2.24, 2.45) is 5.10 Å². The summed E-state index contributed by atoms with van der Waals surface area (Å²) in [6.07, 6.45) is 1.49. The number of hydrogen-bond donors (Lipinski definition) is 2. The van der Waals surface area contributed by atoms with Crippen LogP contribution in [0.1, 0.15) is 31.4 Å². The van der Waals surface area contributed by atoms with Gasteiger partial charge in [-0.3, -0.25) is 9.89 Å². The summed E-state index contributed by atoms with van der Waals surface area (Å²) in [6, 6.07) is 11.9. The standard InChI is InChI=1S/C17H14N4O3S/c1-11-9-14(20-19-11)16(22)21-18-10-12-4-6-13(7-5-12)24-17(23)15-3-2-8-25-15/h2-10H,1H3,(H,19,20)(H,21,22). The van der Waals surface area contributed by atoms with Gasteiger partial charge in [0.1, 0.15) is 10.6 Å². The molecule has 1 amide bonds. The van der Waals surface area contributed by atoms with E-state index >= 15 is 0 Å². The lowest BCUT2D eigenvalue weighted by Crippen LogP contribution is -2.18. The molecule has 0 aliphatic carbocycles. The molecule has 3 rings (SSSR count). The van der Waals surface area contributed by atoms with Crippen molar-refractivity contribution in [1.29, 1.82) is 0 Å². The Morgan fingerprint density at radius 3 is 2.72 bits per heavy atom. The Morgan fingerprint density at radius 2 is 2.08 bits per heavy atom. The van der Waals surface area contributed by atoms with Crippen LogP contribution >= 0.6 is 11.3 Å². The summed E-state index contributed by atoms with van der Waals surface area (Å²) < 4.78 is 5.26. The number of H-pyrrole nitrogens is 1. The number of hydrazone groups is 1. The second-order valence-electron chi connectivity index (χ2n) is 5.07. The molecule has 0 unspecified atom stereocenters. The van der Waals surface area contributed by atoms with Crippen molar-refractivity contribution in [3.05, 3.63) is 69.7 Å². The van der Waals surface area contributed by atoms with E-state index in [0.717, 1.165) is 11.3 Å².